The molecule has 4 atom stereocenters. The standard InChI is InChI=1S/C22H44N2/c1-3-19-11-13-21(17-19)23-15-9-7-5-6-8-10-16-24-22-14-12-20(4-2)18-22/h19-24H,3-18H2,1-2H3. The van der Waals surface area contributed by atoms with Crippen LogP contribution in [0, 0.1) is 11.8 Å². The van der Waals surface area contributed by atoms with E-state index in [2.05, 4.69) is 24.5 Å². The molecule has 4 unspecified atom stereocenters. The molecule has 0 bridgehead atoms. The van der Waals surface area contributed by atoms with E-state index in [0.717, 1.165) is 23.9 Å². The molecule has 2 nitrogen and oxygen atoms in total. The molecule has 2 fully saturated rings. The van der Waals surface area contributed by atoms with Crippen molar-refractivity contribution in [1.29, 1.82) is 0 Å². The topological polar surface area (TPSA) is 24.1 Å². The molecule has 24 heavy (non-hydrogen) atoms. The summed E-state index contributed by atoms with van der Waals surface area (Å²) in [6.07, 6.45) is 19.9. The molecule has 0 amide bonds. The molecule has 0 aromatic carbocycles. The lowest BCUT2D eigenvalue weighted by Crippen LogP contribution is -2.27. The van der Waals surface area contributed by atoms with Gasteiger partial charge in [-0.2, -0.15) is 0 Å². The SMILES string of the molecule is CCC1CCC(NCCCCCCCCNC2CCC(CC)C2)C1. The largest absolute Gasteiger partial charge is 0.314 e. The zero-order valence-electron chi connectivity index (χ0n) is 16.6. The Kier molecular flexibility index (Phi) is 10.4. The highest BCUT2D eigenvalue weighted by Crippen LogP contribution is 2.28. The third kappa shape index (κ3) is 7.87. The first-order chi connectivity index (χ1) is 11.8. The van der Waals surface area contributed by atoms with Crippen LogP contribution in [0.2, 0.25) is 0 Å². The van der Waals surface area contributed by atoms with E-state index in [9.17, 15) is 0 Å². The maximum absolute atomic E-state index is 3.79. The van der Waals surface area contributed by atoms with Gasteiger partial charge in [0.2, 0.25) is 0 Å². The highest BCUT2D eigenvalue weighted by Gasteiger charge is 2.23. The first kappa shape index (κ1) is 20.2. The molecule has 2 heteroatoms. The molecule has 0 saturated heterocycles. The fraction of sp³-hybridized carbons (Fsp3) is 1.00. The average Bonchev–Trinajstić information content (AvgIpc) is 3.25. The normalized spacial score (nSPS) is 30.2. The van der Waals surface area contributed by atoms with E-state index < -0.39 is 0 Å². The van der Waals surface area contributed by atoms with Crippen molar-refractivity contribution >= 4 is 0 Å². The van der Waals surface area contributed by atoms with Crippen LogP contribution in [0.15, 0.2) is 0 Å². The van der Waals surface area contributed by atoms with E-state index in [-0.39, 0.29) is 0 Å². The van der Waals surface area contributed by atoms with E-state index in [1.54, 1.807) is 0 Å². The van der Waals surface area contributed by atoms with Crippen LogP contribution in [0.1, 0.15) is 104 Å². The highest BCUT2D eigenvalue weighted by atomic mass is 14.9. The van der Waals surface area contributed by atoms with E-state index in [0.29, 0.717) is 0 Å². The lowest BCUT2D eigenvalue weighted by Gasteiger charge is -2.13. The molecule has 0 spiro atoms. The minimum atomic E-state index is 0.837. The molecule has 142 valence electrons. The van der Waals surface area contributed by atoms with Crippen molar-refractivity contribution in [3.8, 4) is 0 Å². The van der Waals surface area contributed by atoms with E-state index in [1.165, 1.54) is 103 Å². The maximum Gasteiger partial charge on any atom is 0.00698 e. The third-order valence-corrected chi connectivity index (χ3v) is 6.71. The lowest BCUT2D eigenvalue weighted by molar-refractivity contribution is 0.458. The smallest absolute Gasteiger partial charge is 0.00698 e. The summed E-state index contributed by atoms with van der Waals surface area (Å²) in [5.41, 5.74) is 0. The van der Waals surface area contributed by atoms with E-state index >= 15 is 0 Å². The minimum Gasteiger partial charge on any atom is -0.314 e. The molecule has 0 radical (unpaired) electrons. The van der Waals surface area contributed by atoms with Crippen molar-refractivity contribution in [3.63, 3.8) is 0 Å². The van der Waals surface area contributed by atoms with Crippen molar-refractivity contribution < 1.29 is 0 Å². The fourth-order valence-corrected chi connectivity index (χ4v) is 4.83. The summed E-state index contributed by atoms with van der Waals surface area (Å²) in [6, 6.07) is 1.67. The van der Waals surface area contributed by atoms with Crippen LogP contribution in [0.25, 0.3) is 0 Å². The van der Waals surface area contributed by atoms with Crippen molar-refractivity contribution in [3.05, 3.63) is 0 Å². The molecule has 2 N–H and O–H groups in total. The van der Waals surface area contributed by atoms with Crippen molar-refractivity contribution in [2.24, 2.45) is 11.8 Å². The Morgan fingerprint density at radius 1 is 0.583 bits per heavy atom. The van der Waals surface area contributed by atoms with Crippen LogP contribution < -0.4 is 10.6 Å². The Balaban J connectivity index is 1.30. The Morgan fingerprint density at radius 3 is 1.38 bits per heavy atom. The second-order valence-corrected chi connectivity index (χ2v) is 8.60. The van der Waals surface area contributed by atoms with Crippen LogP contribution in [0.4, 0.5) is 0 Å². The summed E-state index contributed by atoms with van der Waals surface area (Å²) in [5.74, 6) is 2.02. The second kappa shape index (κ2) is 12.3. The van der Waals surface area contributed by atoms with Gasteiger partial charge in [0.1, 0.15) is 0 Å². The van der Waals surface area contributed by atoms with Crippen LogP contribution in [-0.4, -0.2) is 25.2 Å². The van der Waals surface area contributed by atoms with Crippen LogP contribution in [-0.2, 0) is 0 Å². The van der Waals surface area contributed by atoms with Gasteiger partial charge in [-0.25, -0.2) is 0 Å². The van der Waals surface area contributed by atoms with E-state index in [4.69, 9.17) is 0 Å². The lowest BCUT2D eigenvalue weighted by atomic mass is 10.1. The summed E-state index contributed by atoms with van der Waals surface area (Å²) in [6.45, 7) is 7.20. The summed E-state index contributed by atoms with van der Waals surface area (Å²) in [7, 11) is 0. The molecular formula is C22H44N2. The Labute approximate surface area is 151 Å². The van der Waals surface area contributed by atoms with Gasteiger partial charge in [0.15, 0.2) is 0 Å². The molecule has 0 aromatic rings. The first-order valence-corrected chi connectivity index (χ1v) is 11.3. The van der Waals surface area contributed by atoms with Crippen LogP contribution >= 0.6 is 0 Å². The minimum absolute atomic E-state index is 0.837. The monoisotopic (exact) mass is 336 g/mol. The second-order valence-electron chi connectivity index (χ2n) is 8.60. The Hall–Kier alpha value is -0.0800. The molecule has 0 heterocycles. The van der Waals surface area contributed by atoms with E-state index in [1.807, 2.05) is 0 Å². The predicted molar refractivity (Wildman–Crippen MR) is 107 cm³/mol. The van der Waals surface area contributed by atoms with Crippen molar-refractivity contribution in [2.45, 2.75) is 116 Å². The Bertz CT molecular complexity index is 274. The van der Waals surface area contributed by atoms with Gasteiger partial charge in [0.05, 0.1) is 0 Å². The molecular weight excluding hydrogens is 292 g/mol. The van der Waals surface area contributed by atoms with Gasteiger partial charge < -0.3 is 10.6 Å². The predicted octanol–water partition coefficient (Wildman–Crippen LogP) is 5.66. The van der Waals surface area contributed by atoms with Gasteiger partial charge in [-0.15, -0.1) is 0 Å². The van der Waals surface area contributed by atoms with Crippen LogP contribution in [0.3, 0.4) is 0 Å². The fourth-order valence-electron chi connectivity index (χ4n) is 4.83. The maximum atomic E-state index is 3.79. The summed E-state index contributed by atoms with van der Waals surface area (Å²) >= 11 is 0. The number of rotatable bonds is 13. The van der Waals surface area contributed by atoms with Crippen molar-refractivity contribution in [2.75, 3.05) is 13.1 Å². The third-order valence-electron chi connectivity index (χ3n) is 6.71. The zero-order chi connectivity index (χ0) is 17.0. The van der Waals surface area contributed by atoms with Gasteiger partial charge in [-0.3, -0.25) is 0 Å². The first-order valence-electron chi connectivity index (χ1n) is 11.3. The summed E-state index contributed by atoms with van der Waals surface area (Å²) in [4.78, 5) is 0. The van der Waals surface area contributed by atoms with Gasteiger partial charge in [-0.05, 0) is 76.3 Å². The van der Waals surface area contributed by atoms with Crippen molar-refractivity contribution in [1.82, 2.24) is 10.6 Å². The van der Waals surface area contributed by atoms with Gasteiger partial charge in [-0.1, -0.05) is 52.4 Å². The highest BCUT2D eigenvalue weighted by molar-refractivity contribution is 4.80. The number of nitrogens with one attached hydrogen (secondary N) is 2. The van der Waals surface area contributed by atoms with Gasteiger partial charge >= 0.3 is 0 Å². The molecule has 2 aliphatic carbocycles. The van der Waals surface area contributed by atoms with Gasteiger partial charge in [0, 0.05) is 12.1 Å². The molecule has 0 aliphatic heterocycles. The molecule has 0 aromatic heterocycles. The summed E-state index contributed by atoms with van der Waals surface area (Å²) < 4.78 is 0. The zero-order valence-corrected chi connectivity index (χ0v) is 16.6. The van der Waals surface area contributed by atoms with Crippen LogP contribution in [0.5, 0.6) is 0 Å². The number of unbranched alkanes of at least 4 members (excludes halogenated alkanes) is 5. The molecule has 2 saturated carbocycles. The van der Waals surface area contributed by atoms with Gasteiger partial charge in [0.25, 0.3) is 0 Å². The average molecular weight is 337 g/mol. The molecule has 2 aliphatic rings. The quantitative estimate of drug-likeness (QED) is 0.424. The number of hydrogen-bond donors (Lipinski definition) is 2. The summed E-state index contributed by atoms with van der Waals surface area (Å²) in [5, 5.41) is 7.57. The Morgan fingerprint density at radius 2 is 1.00 bits per heavy atom. The molecule has 2 rings (SSSR count). The number of hydrogen-bond acceptors (Lipinski definition) is 2.